The molecule has 1 fully saturated rings. The first-order chi connectivity index (χ1) is 9.27. The fourth-order valence-electron chi connectivity index (χ4n) is 2.48. The molecule has 2 N–H and O–H groups in total. The Morgan fingerprint density at radius 2 is 2.32 bits per heavy atom. The molecule has 0 spiro atoms. The van der Waals surface area contributed by atoms with Crippen molar-refractivity contribution < 1.29 is 9.53 Å². The third-order valence-electron chi connectivity index (χ3n) is 3.39. The van der Waals surface area contributed by atoms with Crippen LogP contribution < -0.4 is 15.4 Å². The molecule has 1 aliphatic heterocycles. The van der Waals surface area contributed by atoms with E-state index in [9.17, 15) is 4.79 Å². The lowest BCUT2D eigenvalue weighted by atomic mass is 10.0. The maximum Gasteiger partial charge on any atom is 0.237 e. The van der Waals surface area contributed by atoms with Gasteiger partial charge in [0.2, 0.25) is 5.91 Å². The maximum absolute atomic E-state index is 12.2. The van der Waals surface area contributed by atoms with Crippen LogP contribution in [0.5, 0.6) is 5.75 Å². The number of para-hydroxylation sites is 1. The zero-order valence-corrected chi connectivity index (χ0v) is 11.5. The quantitative estimate of drug-likeness (QED) is 0.825. The highest BCUT2D eigenvalue weighted by Gasteiger charge is 2.29. The predicted molar refractivity (Wildman–Crippen MR) is 74.2 cm³/mol. The Kier molecular flexibility index (Phi) is 4.76. The van der Waals surface area contributed by atoms with E-state index in [2.05, 4.69) is 10.6 Å². The molecule has 0 saturated carbocycles. The van der Waals surface area contributed by atoms with E-state index in [-0.39, 0.29) is 11.9 Å². The number of carbonyl (C=O) groups is 1. The lowest BCUT2D eigenvalue weighted by Gasteiger charge is -2.37. The van der Waals surface area contributed by atoms with Gasteiger partial charge in [0, 0.05) is 25.2 Å². The summed E-state index contributed by atoms with van der Waals surface area (Å²) in [6.45, 7) is 2.69. The van der Waals surface area contributed by atoms with Gasteiger partial charge in [-0.05, 0) is 13.1 Å². The molecule has 1 amide bonds. The smallest absolute Gasteiger partial charge is 0.237 e. The number of carbonyl (C=O) groups excluding carboxylic acids is 1. The second kappa shape index (κ2) is 6.54. The van der Waals surface area contributed by atoms with Gasteiger partial charge in [-0.1, -0.05) is 18.2 Å². The number of nitrogens with one attached hydrogen (secondary N) is 2. The number of ether oxygens (including phenoxy) is 1. The van der Waals surface area contributed by atoms with Crippen LogP contribution in [0, 0.1) is 0 Å². The van der Waals surface area contributed by atoms with E-state index in [4.69, 9.17) is 4.74 Å². The van der Waals surface area contributed by atoms with Crippen LogP contribution in [0.1, 0.15) is 11.6 Å². The van der Waals surface area contributed by atoms with E-state index in [0.29, 0.717) is 6.54 Å². The van der Waals surface area contributed by atoms with Gasteiger partial charge in [0.1, 0.15) is 5.75 Å². The second-order valence-electron chi connectivity index (χ2n) is 4.58. The van der Waals surface area contributed by atoms with Crippen LogP contribution in [0.25, 0.3) is 0 Å². The number of hydrogen-bond donors (Lipinski definition) is 2. The van der Waals surface area contributed by atoms with Gasteiger partial charge in [0.05, 0.1) is 19.7 Å². The number of piperazine rings is 1. The molecule has 0 radical (unpaired) electrons. The van der Waals surface area contributed by atoms with Crippen molar-refractivity contribution in [3.63, 3.8) is 0 Å². The van der Waals surface area contributed by atoms with E-state index in [1.165, 1.54) is 0 Å². The van der Waals surface area contributed by atoms with Crippen molar-refractivity contribution in [3.05, 3.63) is 29.8 Å². The summed E-state index contributed by atoms with van der Waals surface area (Å²) < 4.78 is 5.41. The van der Waals surface area contributed by atoms with Gasteiger partial charge >= 0.3 is 0 Å². The first kappa shape index (κ1) is 13.8. The normalized spacial score (nSPS) is 19.3. The highest BCUT2D eigenvalue weighted by atomic mass is 16.5. The maximum atomic E-state index is 12.2. The number of rotatable bonds is 4. The molecule has 1 heterocycles. The summed E-state index contributed by atoms with van der Waals surface area (Å²) in [4.78, 5) is 14.1. The Balaban J connectivity index is 2.26. The molecule has 0 aliphatic carbocycles. The molecule has 0 bridgehead atoms. The van der Waals surface area contributed by atoms with Crippen molar-refractivity contribution in [3.8, 4) is 5.75 Å². The molecule has 1 saturated heterocycles. The van der Waals surface area contributed by atoms with Crippen molar-refractivity contribution >= 4 is 5.91 Å². The van der Waals surface area contributed by atoms with Crippen LogP contribution in [-0.4, -0.2) is 51.1 Å². The minimum atomic E-state index is 0.0331. The minimum Gasteiger partial charge on any atom is -0.496 e. The lowest BCUT2D eigenvalue weighted by Crippen LogP contribution is -2.50. The van der Waals surface area contributed by atoms with Crippen molar-refractivity contribution in [2.45, 2.75) is 6.04 Å². The zero-order valence-electron chi connectivity index (χ0n) is 11.5. The predicted octanol–water partition coefficient (Wildman–Crippen LogP) is 0.388. The topological polar surface area (TPSA) is 53.6 Å². The number of hydrogen-bond acceptors (Lipinski definition) is 4. The third kappa shape index (κ3) is 3.05. The van der Waals surface area contributed by atoms with Crippen molar-refractivity contribution in [2.75, 3.05) is 40.3 Å². The van der Waals surface area contributed by atoms with Crippen molar-refractivity contribution in [1.82, 2.24) is 15.5 Å². The Bertz CT molecular complexity index is 436. The summed E-state index contributed by atoms with van der Waals surface area (Å²) in [5.74, 6) is 0.957. The minimum absolute atomic E-state index is 0.0331. The molecule has 1 aromatic rings. The highest BCUT2D eigenvalue weighted by Crippen LogP contribution is 2.29. The summed E-state index contributed by atoms with van der Waals surface area (Å²) in [5, 5.41) is 6.26. The fraction of sp³-hybridized carbons (Fsp3) is 0.500. The standard InChI is InChI=1S/C14H21N3O2/c1-15-10-14(18)17-8-7-16-9-12(17)11-5-3-4-6-13(11)19-2/h3-6,12,15-16H,7-10H2,1-2H3. The Morgan fingerprint density at radius 3 is 3.05 bits per heavy atom. The molecule has 19 heavy (non-hydrogen) atoms. The average molecular weight is 263 g/mol. The van der Waals surface area contributed by atoms with Gasteiger partial charge in [0.25, 0.3) is 0 Å². The first-order valence-electron chi connectivity index (χ1n) is 6.55. The number of likely N-dealkylation sites (N-methyl/N-ethyl adjacent to an activating group) is 1. The molecule has 1 aromatic carbocycles. The summed E-state index contributed by atoms with van der Waals surface area (Å²) in [5.41, 5.74) is 1.06. The Hall–Kier alpha value is -1.59. The van der Waals surface area contributed by atoms with Gasteiger partial charge in [-0.25, -0.2) is 0 Å². The average Bonchev–Trinajstić information content (AvgIpc) is 2.47. The molecular formula is C14H21N3O2. The Labute approximate surface area is 113 Å². The van der Waals surface area contributed by atoms with Gasteiger partial charge in [0.15, 0.2) is 0 Å². The lowest BCUT2D eigenvalue weighted by molar-refractivity contribution is -0.133. The monoisotopic (exact) mass is 263 g/mol. The van der Waals surface area contributed by atoms with E-state index in [1.807, 2.05) is 29.2 Å². The summed E-state index contributed by atoms with van der Waals surface area (Å²) in [6.07, 6.45) is 0. The first-order valence-corrected chi connectivity index (χ1v) is 6.55. The van der Waals surface area contributed by atoms with Crippen LogP contribution in [0.3, 0.4) is 0 Å². The van der Waals surface area contributed by atoms with Crippen molar-refractivity contribution in [2.24, 2.45) is 0 Å². The van der Waals surface area contributed by atoms with Crippen LogP contribution in [-0.2, 0) is 4.79 Å². The van der Waals surface area contributed by atoms with E-state index in [0.717, 1.165) is 30.9 Å². The Morgan fingerprint density at radius 1 is 1.53 bits per heavy atom. The highest BCUT2D eigenvalue weighted by molar-refractivity contribution is 5.79. The van der Waals surface area contributed by atoms with E-state index in [1.54, 1.807) is 14.2 Å². The number of benzene rings is 1. The molecule has 5 heteroatoms. The molecule has 1 aliphatic rings. The molecule has 1 unspecified atom stereocenters. The largest absolute Gasteiger partial charge is 0.496 e. The molecular weight excluding hydrogens is 242 g/mol. The fourth-order valence-corrected chi connectivity index (χ4v) is 2.48. The SMILES string of the molecule is CNCC(=O)N1CCNCC1c1ccccc1OC. The number of nitrogens with zero attached hydrogens (tertiary/aromatic N) is 1. The van der Waals surface area contributed by atoms with Crippen molar-refractivity contribution in [1.29, 1.82) is 0 Å². The zero-order chi connectivity index (χ0) is 13.7. The summed E-state index contributed by atoms with van der Waals surface area (Å²) in [7, 11) is 3.45. The van der Waals surface area contributed by atoms with E-state index >= 15 is 0 Å². The molecule has 1 atom stereocenters. The van der Waals surface area contributed by atoms with Crippen LogP contribution in [0.4, 0.5) is 0 Å². The van der Waals surface area contributed by atoms with Gasteiger partial charge in [-0.2, -0.15) is 0 Å². The van der Waals surface area contributed by atoms with Gasteiger partial charge in [-0.3, -0.25) is 4.79 Å². The van der Waals surface area contributed by atoms with E-state index < -0.39 is 0 Å². The van der Waals surface area contributed by atoms with Gasteiger partial charge < -0.3 is 20.3 Å². The second-order valence-corrected chi connectivity index (χ2v) is 4.58. The van der Waals surface area contributed by atoms with Crippen LogP contribution >= 0.6 is 0 Å². The number of methoxy groups -OCH3 is 1. The summed E-state index contributed by atoms with van der Waals surface area (Å²) >= 11 is 0. The third-order valence-corrected chi connectivity index (χ3v) is 3.39. The molecule has 2 rings (SSSR count). The molecule has 0 aromatic heterocycles. The molecule has 5 nitrogen and oxygen atoms in total. The van der Waals surface area contributed by atoms with Gasteiger partial charge in [-0.15, -0.1) is 0 Å². The van der Waals surface area contributed by atoms with Crippen LogP contribution in [0.15, 0.2) is 24.3 Å². The molecule has 104 valence electrons. The van der Waals surface area contributed by atoms with Crippen LogP contribution in [0.2, 0.25) is 0 Å². The summed E-state index contributed by atoms with van der Waals surface area (Å²) in [6, 6.07) is 7.91. The number of amides is 1.